The smallest absolute Gasteiger partial charge is 0.407 e. The fourth-order valence-electron chi connectivity index (χ4n) is 10.2. The second kappa shape index (κ2) is 17.2. The van der Waals surface area contributed by atoms with Crippen molar-refractivity contribution in [2.24, 2.45) is 17.3 Å². The van der Waals surface area contributed by atoms with E-state index in [1.165, 1.54) is 14.2 Å². The van der Waals surface area contributed by atoms with Crippen molar-refractivity contribution in [1.29, 1.82) is 0 Å². The van der Waals surface area contributed by atoms with Gasteiger partial charge in [0.15, 0.2) is 0 Å². The van der Waals surface area contributed by atoms with E-state index in [2.05, 4.69) is 81.3 Å². The number of nitrogens with zero attached hydrogens (tertiary/aromatic N) is 4. The predicted molar refractivity (Wildman–Crippen MR) is 236 cm³/mol. The Bertz CT molecular complexity index is 2510. The highest BCUT2D eigenvalue weighted by Gasteiger charge is 2.55. The van der Waals surface area contributed by atoms with E-state index in [0.29, 0.717) is 25.5 Å². The van der Waals surface area contributed by atoms with Crippen LogP contribution in [0.1, 0.15) is 82.5 Å². The minimum atomic E-state index is -0.755. The molecule has 15 nitrogen and oxygen atoms in total. The number of amides is 4. The first-order valence-corrected chi connectivity index (χ1v) is 22.0. The highest BCUT2D eigenvalue weighted by molar-refractivity contribution is 5.91. The summed E-state index contributed by atoms with van der Waals surface area (Å²) in [4.78, 5) is 72.7. The molecule has 3 aromatic carbocycles. The van der Waals surface area contributed by atoms with Gasteiger partial charge in [0.2, 0.25) is 11.8 Å². The third kappa shape index (κ3) is 8.26. The molecule has 4 fully saturated rings. The van der Waals surface area contributed by atoms with Crippen LogP contribution in [0.25, 0.3) is 44.4 Å². The highest BCUT2D eigenvalue weighted by atomic mass is 16.5. The summed E-state index contributed by atoms with van der Waals surface area (Å²) in [7, 11) is 4.17. The third-order valence-electron chi connectivity index (χ3n) is 13.8. The average molecular weight is 857 g/mol. The summed E-state index contributed by atoms with van der Waals surface area (Å²) >= 11 is 0. The van der Waals surface area contributed by atoms with E-state index in [4.69, 9.17) is 24.2 Å². The van der Waals surface area contributed by atoms with Crippen molar-refractivity contribution in [3.05, 3.63) is 84.7 Å². The first kappa shape index (κ1) is 42.1. The Morgan fingerprint density at radius 3 is 2.08 bits per heavy atom. The number of carbonyl (C=O) groups excluding carboxylic acids is 4. The lowest BCUT2D eigenvalue weighted by Crippen LogP contribution is -2.52. The number of hydrogen-bond acceptors (Lipinski definition) is 9. The Balaban J connectivity index is 0.889. The predicted octanol–water partition coefficient (Wildman–Crippen LogP) is 7.53. The Labute approximate surface area is 366 Å². The summed E-state index contributed by atoms with van der Waals surface area (Å²) in [6.07, 6.45) is 8.66. The lowest BCUT2D eigenvalue weighted by atomic mass is 9.97. The van der Waals surface area contributed by atoms with Crippen molar-refractivity contribution in [3.8, 4) is 33.6 Å². The van der Waals surface area contributed by atoms with Crippen molar-refractivity contribution in [2.45, 2.75) is 89.0 Å². The zero-order chi connectivity index (χ0) is 44.0. The number of piperidine rings is 1. The number of aromatic amines is 2. The molecule has 15 heteroatoms. The quantitative estimate of drug-likeness (QED) is 0.0930. The summed E-state index contributed by atoms with van der Waals surface area (Å²) in [5.74, 6) is 1.45. The van der Waals surface area contributed by atoms with E-state index in [0.717, 1.165) is 94.6 Å². The zero-order valence-electron chi connectivity index (χ0n) is 36.5. The van der Waals surface area contributed by atoms with Gasteiger partial charge in [0.25, 0.3) is 0 Å². The molecule has 2 aliphatic heterocycles. The van der Waals surface area contributed by atoms with Gasteiger partial charge in [-0.15, -0.1) is 0 Å². The molecule has 9 rings (SSSR count). The number of benzene rings is 3. The molecule has 1 spiro atoms. The lowest BCUT2D eigenvalue weighted by Gasteiger charge is -2.36. The maximum Gasteiger partial charge on any atom is 0.407 e. The Kier molecular flexibility index (Phi) is 11.5. The number of likely N-dealkylation sites (tertiary alicyclic amines) is 2. The number of alkyl carbamates (subject to hydrolysis) is 2. The largest absolute Gasteiger partial charge is 0.453 e. The van der Waals surface area contributed by atoms with Crippen LogP contribution in [0.4, 0.5) is 9.59 Å². The fourth-order valence-corrected chi connectivity index (χ4v) is 10.2. The highest BCUT2D eigenvalue weighted by Crippen LogP contribution is 2.58. The molecule has 0 radical (unpaired) electrons. The van der Waals surface area contributed by atoms with E-state index in [1.54, 1.807) is 7.11 Å². The van der Waals surface area contributed by atoms with Crippen LogP contribution in [0.2, 0.25) is 0 Å². The van der Waals surface area contributed by atoms with Gasteiger partial charge in [0.1, 0.15) is 23.7 Å². The van der Waals surface area contributed by atoms with Crippen molar-refractivity contribution < 1.29 is 33.4 Å². The summed E-state index contributed by atoms with van der Waals surface area (Å²) in [6, 6.07) is 19.5. The summed E-state index contributed by atoms with van der Waals surface area (Å²) in [6.45, 7) is 4.83. The molecule has 330 valence electrons. The number of methoxy groups -OCH3 is 3. The van der Waals surface area contributed by atoms with Crippen LogP contribution in [-0.2, 0) is 23.8 Å². The first-order chi connectivity index (χ1) is 30.5. The Hall–Kier alpha value is -6.22. The van der Waals surface area contributed by atoms with Gasteiger partial charge < -0.3 is 44.6 Å². The van der Waals surface area contributed by atoms with Gasteiger partial charge in [-0.3, -0.25) is 9.59 Å². The van der Waals surface area contributed by atoms with E-state index < -0.39 is 24.3 Å². The molecule has 5 aromatic rings. The second-order valence-corrected chi connectivity index (χ2v) is 18.1. The van der Waals surface area contributed by atoms with Crippen molar-refractivity contribution in [1.82, 2.24) is 40.4 Å². The molecule has 2 aliphatic carbocycles. The van der Waals surface area contributed by atoms with Gasteiger partial charge in [-0.05, 0) is 95.4 Å². The van der Waals surface area contributed by atoms with Gasteiger partial charge in [-0.25, -0.2) is 19.6 Å². The van der Waals surface area contributed by atoms with Crippen LogP contribution in [0, 0.1) is 17.3 Å². The number of fused-ring (bicyclic) bond motifs is 3. The molecule has 2 bridgehead atoms. The van der Waals surface area contributed by atoms with Gasteiger partial charge in [-0.2, -0.15) is 0 Å². The summed E-state index contributed by atoms with van der Waals surface area (Å²) in [5, 5.41) is 7.67. The van der Waals surface area contributed by atoms with Crippen LogP contribution in [0.5, 0.6) is 0 Å². The average Bonchev–Trinajstić information content (AvgIpc) is 3.94. The monoisotopic (exact) mass is 856 g/mol. The normalized spacial score (nSPS) is 21.8. The van der Waals surface area contributed by atoms with Crippen LogP contribution < -0.4 is 10.6 Å². The molecule has 4 heterocycles. The molecule has 6 atom stereocenters. The molecule has 2 saturated carbocycles. The van der Waals surface area contributed by atoms with Crippen molar-refractivity contribution >= 4 is 34.8 Å². The van der Waals surface area contributed by atoms with Crippen molar-refractivity contribution in [3.63, 3.8) is 0 Å². The third-order valence-corrected chi connectivity index (χ3v) is 13.8. The maximum absolute atomic E-state index is 14.0. The number of aromatic nitrogens is 4. The van der Waals surface area contributed by atoms with E-state index in [9.17, 15) is 19.2 Å². The molecule has 63 heavy (non-hydrogen) atoms. The van der Waals surface area contributed by atoms with Gasteiger partial charge in [0, 0.05) is 38.3 Å². The number of imidazole rings is 2. The second-order valence-electron chi connectivity index (χ2n) is 18.1. The molecule has 4 aliphatic rings. The van der Waals surface area contributed by atoms with Gasteiger partial charge in [-0.1, -0.05) is 62.4 Å². The number of nitrogens with one attached hydrogen (secondary N) is 4. The summed E-state index contributed by atoms with van der Waals surface area (Å²) < 4.78 is 14.9. The topological polar surface area (TPSA) is 184 Å². The van der Waals surface area contributed by atoms with Crippen LogP contribution in [0.3, 0.4) is 0 Å². The Morgan fingerprint density at radius 1 is 0.778 bits per heavy atom. The van der Waals surface area contributed by atoms with Crippen LogP contribution in [0.15, 0.2) is 73.1 Å². The van der Waals surface area contributed by atoms with E-state index in [1.807, 2.05) is 36.0 Å². The molecular weight excluding hydrogens is 801 g/mol. The van der Waals surface area contributed by atoms with Crippen LogP contribution in [-0.4, -0.2) is 106 Å². The lowest BCUT2D eigenvalue weighted by molar-refractivity contribution is -0.138. The minimum Gasteiger partial charge on any atom is -0.453 e. The van der Waals surface area contributed by atoms with Crippen molar-refractivity contribution in [2.75, 3.05) is 34.5 Å². The number of H-pyrrole nitrogens is 2. The standard InChI is InChI=1S/C48H56N8O7/c1-27(2)40(54-47(60)63-5)45(58)55-26-48(17-18-48)23-39(55)42-49-25-38(51-42)33-13-12-31-20-30(10-11-32(31)21-33)28-6-8-29(9-7-28)37-24-50-43(52-37)41-34-14-15-35(22-34)56(41)44(57)36(16-19-61-3)53-46(59)62-4/h6-13,20-21,24-25,27,34-36,39-41H,14-19,22-23,26H2,1-5H3,(H,49,51)(H,50,52)(H,53,59)(H,54,60)/t34-,35?,36-,39-,40-,41-/m0/s1. The molecule has 2 aromatic heterocycles. The SMILES string of the molecule is COCC[C@H](NC(=O)OC)C(=O)N1C2CC[C@@H](C2)[C@H]1c1ncc(-c2ccc(-c3ccc4cc(-c5cnc([C@@H]6CC7(CC7)CN6C(=O)[C@@H](NC(=O)OC)C(C)C)[nH]5)ccc4c3)cc2)[nH]1. The van der Waals surface area contributed by atoms with Gasteiger partial charge >= 0.3 is 12.2 Å². The number of carbonyl (C=O) groups is 4. The zero-order valence-corrected chi connectivity index (χ0v) is 36.5. The molecule has 4 N–H and O–H groups in total. The molecule has 2 saturated heterocycles. The first-order valence-electron chi connectivity index (χ1n) is 22.0. The number of ether oxygens (including phenoxy) is 3. The molecule has 4 amide bonds. The van der Waals surface area contributed by atoms with E-state index in [-0.39, 0.29) is 41.3 Å². The van der Waals surface area contributed by atoms with E-state index >= 15 is 0 Å². The number of rotatable bonds is 13. The van der Waals surface area contributed by atoms with Gasteiger partial charge in [0.05, 0.1) is 50.1 Å². The van der Waals surface area contributed by atoms with Crippen LogP contribution >= 0.6 is 0 Å². The molecular formula is C48H56N8O7. The fraction of sp³-hybridized carbons (Fsp3) is 0.458. The summed E-state index contributed by atoms with van der Waals surface area (Å²) in [5.41, 5.74) is 6.04. The maximum atomic E-state index is 14.0. The number of hydrogen-bond donors (Lipinski definition) is 4. The minimum absolute atomic E-state index is 0.0982. The Morgan fingerprint density at radius 2 is 1.40 bits per heavy atom. The molecule has 1 unspecified atom stereocenters.